The predicted molar refractivity (Wildman–Crippen MR) is 96.2 cm³/mol. The summed E-state index contributed by atoms with van der Waals surface area (Å²) in [4.78, 5) is 15.4. The highest BCUT2D eigenvalue weighted by molar-refractivity contribution is 5.89. The third-order valence-corrected chi connectivity index (χ3v) is 4.30. The maximum Gasteiger partial charge on any atom is 0.307 e. The van der Waals surface area contributed by atoms with Gasteiger partial charge in [0.2, 0.25) is 0 Å². The van der Waals surface area contributed by atoms with Crippen molar-refractivity contribution in [1.82, 2.24) is 4.98 Å². The number of hydrogen-bond donors (Lipinski definition) is 2. The van der Waals surface area contributed by atoms with Gasteiger partial charge in [0.05, 0.1) is 24.4 Å². The van der Waals surface area contributed by atoms with Crippen LogP contribution in [0.25, 0.3) is 11.0 Å². The lowest BCUT2D eigenvalue weighted by molar-refractivity contribution is -0.136. The van der Waals surface area contributed by atoms with Crippen LogP contribution in [-0.4, -0.2) is 21.2 Å². The molecule has 1 atom stereocenters. The lowest BCUT2D eigenvalue weighted by atomic mass is 10.0. The van der Waals surface area contributed by atoms with Crippen LogP contribution in [0, 0.1) is 13.8 Å². The molecular weight excluding hydrogens is 334 g/mol. The van der Waals surface area contributed by atoms with Crippen LogP contribution < -0.4 is 4.74 Å². The second-order valence-electron chi connectivity index (χ2n) is 6.35. The number of ether oxygens (including phenoxy) is 1. The van der Waals surface area contributed by atoms with Crippen molar-refractivity contribution in [2.45, 2.75) is 39.9 Å². The van der Waals surface area contributed by atoms with Crippen molar-refractivity contribution in [2.24, 2.45) is 0 Å². The Morgan fingerprint density at radius 1 is 1.23 bits per heavy atom. The highest BCUT2D eigenvalue weighted by Crippen LogP contribution is 2.36. The molecule has 0 radical (unpaired) electrons. The minimum atomic E-state index is -0.936. The first-order valence-electron chi connectivity index (χ1n) is 8.35. The first kappa shape index (κ1) is 17.9. The lowest BCUT2D eigenvalue weighted by Crippen LogP contribution is -2.04. The quantitative estimate of drug-likeness (QED) is 0.700. The van der Waals surface area contributed by atoms with Crippen molar-refractivity contribution < 1.29 is 24.2 Å². The largest absolute Gasteiger partial charge is 0.488 e. The molecule has 1 aromatic carbocycles. The third kappa shape index (κ3) is 3.55. The summed E-state index contributed by atoms with van der Waals surface area (Å²) in [5.41, 5.74) is 4.33. The van der Waals surface area contributed by atoms with Gasteiger partial charge in [0.25, 0.3) is 0 Å². The summed E-state index contributed by atoms with van der Waals surface area (Å²) < 4.78 is 11.5. The van der Waals surface area contributed by atoms with Crippen molar-refractivity contribution >= 4 is 16.9 Å². The number of hydrogen-bond acceptors (Lipinski definition) is 5. The van der Waals surface area contributed by atoms with Crippen LogP contribution >= 0.6 is 0 Å². The number of benzene rings is 1. The standard InChI is InChI=1S/C20H21NO5/c1-11-4-5-14(12(2)21-11)9-25-17-7-6-16-15(8-18(23)24)10-26-20(16)19(17)13(3)22/h4-7,10,13,22H,8-9H2,1-3H3,(H,23,24). The minimum Gasteiger partial charge on any atom is -0.488 e. The zero-order valence-electron chi connectivity index (χ0n) is 14.9. The molecule has 0 bridgehead atoms. The molecule has 0 saturated heterocycles. The van der Waals surface area contributed by atoms with Gasteiger partial charge in [-0.1, -0.05) is 6.07 Å². The second kappa shape index (κ2) is 7.17. The molecule has 2 aromatic heterocycles. The average molecular weight is 355 g/mol. The van der Waals surface area contributed by atoms with E-state index >= 15 is 0 Å². The lowest BCUT2D eigenvalue weighted by Gasteiger charge is -2.15. The Morgan fingerprint density at radius 2 is 2.00 bits per heavy atom. The maximum absolute atomic E-state index is 11.0. The van der Waals surface area contributed by atoms with Crippen LogP contribution in [0.2, 0.25) is 0 Å². The van der Waals surface area contributed by atoms with Crippen molar-refractivity contribution in [3.8, 4) is 5.75 Å². The summed E-state index contributed by atoms with van der Waals surface area (Å²) in [6.45, 7) is 5.80. The van der Waals surface area contributed by atoms with Crippen LogP contribution in [-0.2, 0) is 17.8 Å². The highest BCUT2D eigenvalue weighted by Gasteiger charge is 2.20. The van der Waals surface area contributed by atoms with E-state index in [1.807, 2.05) is 26.0 Å². The molecule has 0 aliphatic rings. The summed E-state index contributed by atoms with van der Waals surface area (Å²) in [7, 11) is 0. The number of fused-ring (bicyclic) bond motifs is 1. The zero-order valence-corrected chi connectivity index (χ0v) is 14.9. The van der Waals surface area contributed by atoms with E-state index in [2.05, 4.69) is 4.98 Å². The fourth-order valence-electron chi connectivity index (χ4n) is 3.00. The molecule has 2 N–H and O–H groups in total. The number of furan rings is 1. The number of rotatable bonds is 6. The molecule has 0 aliphatic carbocycles. The van der Waals surface area contributed by atoms with E-state index in [-0.39, 0.29) is 6.42 Å². The van der Waals surface area contributed by atoms with Crippen molar-refractivity contribution in [1.29, 1.82) is 0 Å². The number of aryl methyl sites for hydroxylation is 2. The molecule has 6 heteroatoms. The van der Waals surface area contributed by atoms with Gasteiger partial charge in [0.1, 0.15) is 17.9 Å². The van der Waals surface area contributed by atoms with Gasteiger partial charge in [-0.05, 0) is 39.0 Å². The Kier molecular flexibility index (Phi) is 4.95. The molecule has 6 nitrogen and oxygen atoms in total. The van der Waals surface area contributed by atoms with E-state index in [4.69, 9.17) is 14.3 Å². The van der Waals surface area contributed by atoms with Gasteiger partial charge in [-0.3, -0.25) is 9.78 Å². The van der Waals surface area contributed by atoms with Crippen molar-refractivity contribution in [2.75, 3.05) is 0 Å². The van der Waals surface area contributed by atoms with E-state index in [9.17, 15) is 9.90 Å². The predicted octanol–water partition coefficient (Wildman–Crippen LogP) is 3.70. The van der Waals surface area contributed by atoms with Gasteiger partial charge in [-0.25, -0.2) is 0 Å². The molecule has 1 unspecified atom stereocenters. The first-order valence-corrected chi connectivity index (χ1v) is 8.35. The molecule has 2 heterocycles. The summed E-state index contributed by atoms with van der Waals surface area (Å²) in [6, 6.07) is 7.39. The van der Waals surface area contributed by atoms with Crippen LogP contribution in [0.5, 0.6) is 5.75 Å². The van der Waals surface area contributed by atoms with Gasteiger partial charge >= 0.3 is 5.97 Å². The van der Waals surface area contributed by atoms with Gasteiger partial charge in [-0.15, -0.1) is 0 Å². The number of aliphatic carboxylic acids is 1. The number of pyridine rings is 1. The number of carboxylic acids is 1. The monoisotopic (exact) mass is 355 g/mol. The summed E-state index contributed by atoms with van der Waals surface area (Å²) in [5.74, 6) is -0.433. The molecule has 3 rings (SSSR count). The van der Waals surface area contributed by atoms with Crippen molar-refractivity contribution in [3.05, 3.63) is 58.6 Å². The van der Waals surface area contributed by atoms with Gasteiger partial charge in [-0.2, -0.15) is 0 Å². The molecule has 3 aromatic rings. The fraction of sp³-hybridized carbons (Fsp3) is 0.300. The Labute approximate surface area is 151 Å². The molecular formula is C20H21NO5. The summed E-state index contributed by atoms with van der Waals surface area (Å²) >= 11 is 0. The van der Waals surface area contributed by atoms with E-state index in [0.29, 0.717) is 34.5 Å². The number of carbonyl (C=O) groups is 1. The van der Waals surface area contributed by atoms with Crippen LogP contribution in [0.1, 0.15) is 41.1 Å². The van der Waals surface area contributed by atoms with E-state index in [1.165, 1.54) is 6.26 Å². The topological polar surface area (TPSA) is 92.8 Å². The average Bonchev–Trinajstić information content (AvgIpc) is 2.95. The zero-order chi connectivity index (χ0) is 18.8. The Balaban J connectivity index is 1.95. The number of aliphatic hydroxyl groups excluding tert-OH is 1. The molecule has 0 fully saturated rings. The van der Waals surface area contributed by atoms with Gasteiger partial charge in [0.15, 0.2) is 0 Å². The molecule has 0 saturated carbocycles. The third-order valence-electron chi connectivity index (χ3n) is 4.30. The maximum atomic E-state index is 11.0. The highest BCUT2D eigenvalue weighted by atomic mass is 16.5. The van der Waals surface area contributed by atoms with Crippen LogP contribution in [0.4, 0.5) is 0 Å². The second-order valence-corrected chi connectivity index (χ2v) is 6.35. The Morgan fingerprint density at radius 3 is 2.65 bits per heavy atom. The molecule has 136 valence electrons. The molecule has 0 spiro atoms. The SMILES string of the molecule is Cc1ccc(COc2ccc3c(CC(=O)O)coc3c2C(C)O)c(C)n1. The van der Waals surface area contributed by atoms with E-state index in [1.54, 1.807) is 19.1 Å². The Bertz CT molecular complexity index is 958. The number of aromatic nitrogens is 1. The molecule has 0 aliphatic heterocycles. The van der Waals surface area contributed by atoms with Crippen LogP contribution in [0.3, 0.4) is 0 Å². The minimum absolute atomic E-state index is 0.138. The summed E-state index contributed by atoms with van der Waals surface area (Å²) in [6.07, 6.45) is 0.457. The van der Waals surface area contributed by atoms with E-state index in [0.717, 1.165) is 17.0 Å². The van der Waals surface area contributed by atoms with Crippen molar-refractivity contribution in [3.63, 3.8) is 0 Å². The normalized spacial score (nSPS) is 12.3. The Hall–Kier alpha value is -2.86. The van der Waals surface area contributed by atoms with Gasteiger partial charge in [0, 0.05) is 27.9 Å². The first-order chi connectivity index (χ1) is 12.4. The smallest absolute Gasteiger partial charge is 0.307 e. The van der Waals surface area contributed by atoms with Gasteiger partial charge < -0.3 is 19.4 Å². The number of nitrogens with zero attached hydrogens (tertiary/aromatic N) is 1. The number of aliphatic hydroxyl groups is 1. The molecule has 26 heavy (non-hydrogen) atoms. The van der Waals surface area contributed by atoms with E-state index < -0.39 is 12.1 Å². The summed E-state index contributed by atoms with van der Waals surface area (Å²) in [5, 5.41) is 19.9. The number of carboxylic acid groups (broad SMARTS) is 1. The fourth-order valence-corrected chi connectivity index (χ4v) is 3.00. The van der Waals surface area contributed by atoms with Crippen LogP contribution in [0.15, 0.2) is 34.9 Å². The molecule has 0 amide bonds.